The third-order valence-electron chi connectivity index (χ3n) is 6.86. The zero-order valence-corrected chi connectivity index (χ0v) is 27.2. The fourth-order valence-electron chi connectivity index (χ4n) is 4.32. The Morgan fingerprint density at radius 2 is 1.00 bits per heavy atom. The molecule has 0 heterocycles. The van der Waals surface area contributed by atoms with Gasteiger partial charge in [-0.2, -0.15) is 0 Å². The first-order chi connectivity index (χ1) is 19.3. The van der Waals surface area contributed by atoms with Gasteiger partial charge < -0.3 is 20.4 Å². The number of benzene rings is 4. The number of phenols is 4. The van der Waals surface area contributed by atoms with E-state index in [1.54, 1.807) is 64.1 Å². The molecule has 212 valence electrons. The second-order valence-corrected chi connectivity index (χ2v) is 12.0. The van der Waals surface area contributed by atoms with E-state index >= 15 is 0 Å². The van der Waals surface area contributed by atoms with Crippen LogP contribution in [-0.4, -0.2) is 32.9 Å². The maximum Gasteiger partial charge on any atom is 0.141 e. The van der Waals surface area contributed by atoms with Crippen LogP contribution in [0.3, 0.4) is 0 Å². The minimum Gasteiger partial charge on any atom is -0.506 e. The Morgan fingerprint density at radius 1 is 0.634 bits per heavy atom. The van der Waals surface area contributed by atoms with Crippen molar-refractivity contribution in [2.24, 2.45) is 9.98 Å². The van der Waals surface area contributed by atoms with Gasteiger partial charge in [-0.15, -0.1) is 0 Å². The Kier molecular flexibility index (Phi) is 9.39. The predicted molar refractivity (Wildman–Crippen MR) is 174 cm³/mol. The lowest BCUT2D eigenvalue weighted by Crippen LogP contribution is -1.94. The Morgan fingerprint density at radius 3 is 1.37 bits per heavy atom. The van der Waals surface area contributed by atoms with E-state index in [2.05, 4.69) is 41.8 Å². The van der Waals surface area contributed by atoms with Gasteiger partial charge in [0.05, 0.1) is 8.95 Å². The number of aromatic hydroxyl groups is 4. The van der Waals surface area contributed by atoms with Gasteiger partial charge in [0.25, 0.3) is 0 Å². The van der Waals surface area contributed by atoms with Gasteiger partial charge >= 0.3 is 0 Å². The van der Waals surface area contributed by atoms with E-state index in [1.165, 1.54) is 12.4 Å². The van der Waals surface area contributed by atoms with E-state index in [4.69, 9.17) is 23.2 Å². The summed E-state index contributed by atoms with van der Waals surface area (Å²) in [5.41, 5.74) is 6.02. The molecule has 0 aromatic heterocycles. The first-order valence-electron chi connectivity index (χ1n) is 12.4. The van der Waals surface area contributed by atoms with Crippen molar-refractivity contribution < 1.29 is 20.4 Å². The zero-order chi connectivity index (χ0) is 30.2. The number of phenolic OH excluding ortho intramolecular Hbond substituents is 4. The molecular weight excluding hydrogens is 695 g/mol. The minimum absolute atomic E-state index is 0.0183. The van der Waals surface area contributed by atoms with Crippen LogP contribution in [0.25, 0.3) is 0 Å². The van der Waals surface area contributed by atoms with Crippen LogP contribution >= 0.6 is 55.1 Å². The lowest BCUT2D eigenvalue weighted by molar-refractivity contribution is 0.469. The highest BCUT2D eigenvalue weighted by atomic mass is 79.9. The molecule has 4 aromatic carbocycles. The molecule has 4 aromatic rings. The molecule has 0 saturated carbocycles. The molecule has 0 spiro atoms. The van der Waals surface area contributed by atoms with Crippen molar-refractivity contribution in [2.75, 3.05) is 0 Å². The zero-order valence-electron chi connectivity index (χ0n) is 22.5. The summed E-state index contributed by atoms with van der Waals surface area (Å²) in [6.07, 6.45) is 3.41. The third-order valence-corrected chi connectivity index (χ3v) is 9.94. The third kappa shape index (κ3) is 6.26. The highest BCUT2D eigenvalue weighted by Gasteiger charge is 2.17. The molecule has 4 rings (SSSR count). The molecule has 41 heavy (non-hydrogen) atoms. The average molecular weight is 721 g/mol. The van der Waals surface area contributed by atoms with Gasteiger partial charge in [-0.25, -0.2) is 0 Å². The summed E-state index contributed by atoms with van der Waals surface area (Å²) >= 11 is 19.5. The standard InChI is InChI=1S/C31H26Br2Cl2N2O4/c1-14-20(30(40)26(32)16(3)28(14)34)12-36-22-10-18(5-7-24(22)38)9-19-6-8-25(39)23(11-19)37-13-21-15(2)29(35)17(4)27(33)31(21)41/h5-8,10-13,38-41H,9H2,1-4H3. The number of hydrogen-bond donors (Lipinski definition) is 4. The minimum atomic E-state index is -0.0199. The largest absolute Gasteiger partial charge is 0.506 e. The molecule has 0 aliphatic heterocycles. The smallest absolute Gasteiger partial charge is 0.141 e. The van der Waals surface area contributed by atoms with Gasteiger partial charge in [-0.3, -0.25) is 9.98 Å². The number of aliphatic imine (C=N–C) groups is 2. The fourth-order valence-corrected chi connectivity index (χ4v) is 5.77. The van der Waals surface area contributed by atoms with Gasteiger partial charge in [0.1, 0.15) is 34.4 Å². The van der Waals surface area contributed by atoms with Crippen LogP contribution in [-0.2, 0) is 6.42 Å². The van der Waals surface area contributed by atoms with Crippen LogP contribution in [0.4, 0.5) is 11.4 Å². The van der Waals surface area contributed by atoms with Gasteiger partial charge in [0, 0.05) is 33.6 Å². The molecule has 4 N–H and O–H groups in total. The summed E-state index contributed by atoms with van der Waals surface area (Å²) < 4.78 is 0.976. The van der Waals surface area contributed by atoms with E-state index < -0.39 is 0 Å². The Hall–Kier alpha value is -3.04. The second kappa shape index (κ2) is 12.4. The lowest BCUT2D eigenvalue weighted by atomic mass is 10.0. The van der Waals surface area contributed by atoms with Gasteiger partial charge in [0.2, 0.25) is 0 Å². The molecule has 0 aliphatic rings. The van der Waals surface area contributed by atoms with Crippen LogP contribution in [0.2, 0.25) is 10.0 Å². The summed E-state index contributed by atoms with van der Waals surface area (Å²) in [4.78, 5) is 8.85. The topological polar surface area (TPSA) is 106 Å². The van der Waals surface area contributed by atoms with Gasteiger partial charge in [-0.05, 0) is 124 Å². The normalized spacial score (nSPS) is 11.7. The Bertz CT molecular complexity index is 1570. The van der Waals surface area contributed by atoms with Crippen LogP contribution in [0.5, 0.6) is 23.0 Å². The molecule has 0 amide bonds. The van der Waals surface area contributed by atoms with Crippen molar-refractivity contribution >= 4 is 78.9 Å². The highest BCUT2D eigenvalue weighted by molar-refractivity contribution is 9.11. The van der Waals surface area contributed by atoms with Crippen LogP contribution in [0.1, 0.15) is 44.5 Å². The highest BCUT2D eigenvalue weighted by Crippen LogP contribution is 2.40. The number of rotatable bonds is 6. The van der Waals surface area contributed by atoms with Crippen molar-refractivity contribution in [1.82, 2.24) is 0 Å². The predicted octanol–water partition coefficient (Wildman–Crippen LogP) is 9.67. The molecule has 0 unspecified atom stereocenters. The van der Waals surface area contributed by atoms with Crippen molar-refractivity contribution in [3.63, 3.8) is 0 Å². The quantitative estimate of drug-likeness (QED) is 0.149. The first kappa shape index (κ1) is 30.9. The first-order valence-corrected chi connectivity index (χ1v) is 14.7. The van der Waals surface area contributed by atoms with Crippen LogP contribution in [0, 0.1) is 27.7 Å². The van der Waals surface area contributed by atoms with Crippen molar-refractivity contribution in [2.45, 2.75) is 34.1 Å². The summed E-state index contributed by atoms with van der Waals surface area (Å²) in [7, 11) is 0. The summed E-state index contributed by atoms with van der Waals surface area (Å²) in [5.74, 6) is -0.00322. The van der Waals surface area contributed by atoms with Crippen molar-refractivity contribution in [3.05, 3.63) is 99.9 Å². The van der Waals surface area contributed by atoms with Gasteiger partial charge in [-0.1, -0.05) is 35.3 Å². The van der Waals surface area contributed by atoms with Crippen LogP contribution in [0.15, 0.2) is 55.3 Å². The number of halogens is 4. The van der Waals surface area contributed by atoms with Crippen molar-refractivity contribution in [1.29, 1.82) is 0 Å². The Balaban J connectivity index is 1.63. The van der Waals surface area contributed by atoms with E-state index in [0.29, 0.717) is 59.0 Å². The van der Waals surface area contributed by atoms with E-state index in [0.717, 1.165) is 22.3 Å². The van der Waals surface area contributed by atoms with Gasteiger partial charge in [0.15, 0.2) is 0 Å². The molecule has 0 atom stereocenters. The molecule has 0 aliphatic carbocycles. The average Bonchev–Trinajstić information content (AvgIpc) is 2.95. The lowest BCUT2D eigenvalue weighted by Gasteiger charge is -2.12. The molecule has 0 saturated heterocycles. The molecule has 10 heteroatoms. The summed E-state index contributed by atoms with van der Waals surface area (Å²) in [6, 6.07) is 10.1. The second-order valence-electron chi connectivity index (χ2n) is 9.62. The summed E-state index contributed by atoms with van der Waals surface area (Å²) in [6.45, 7) is 7.19. The molecule has 0 fully saturated rings. The van der Waals surface area contributed by atoms with Crippen LogP contribution < -0.4 is 0 Å². The maximum atomic E-state index is 10.6. The number of nitrogens with zero attached hydrogens (tertiary/aromatic N) is 2. The number of hydrogen-bond acceptors (Lipinski definition) is 6. The fraction of sp³-hybridized carbons (Fsp3) is 0.161. The molecule has 6 nitrogen and oxygen atoms in total. The molecular formula is C31H26Br2Cl2N2O4. The Labute approximate surface area is 264 Å². The van der Waals surface area contributed by atoms with E-state index in [1.807, 2.05) is 0 Å². The summed E-state index contributed by atoms with van der Waals surface area (Å²) in [5, 5.41) is 43.1. The monoisotopic (exact) mass is 718 g/mol. The van der Waals surface area contributed by atoms with E-state index in [-0.39, 0.29) is 23.0 Å². The molecule has 0 radical (unpaired) electrons. The SMILES string of the molecule is Cc1c(Cl)c(C)c(C=Nc2cc(Cc3ccc(O)c(N=Cc4c(C)c(Cl)c(C)c(Br)c4O)c3)ccc2O)c(O)c1Br. The van der Waals surface area contributed by atoms with Crippen molar-refractivity contribution in [3.8, 4) is 23.0 Å². The van der Waals surface area contributed by atoms with E-state index in [9.17, 15) is 20.4 Å². The maximum absolute atomic E-state index is 10.6. The molecule has 0 bridgehead atoms.